The van der Waals surface area contributed by atoms with Gasteiger partial charge in [-0.05, 0) is 69.0 Å². The number of carbonyl (C=O) groups excluding carboxylic acids is 1. The molecular weight excluding hydrogens is 633 g/mol. The van der Waals surface area contributed by atoms with Crippen molar-refractivity contribution in [3.05, 3.63) is 65.9 Å². The van der Waals surface area contributed by atoms with Gasteiger partial charge in [0.25, 0.3) is 0 Å². The number of likely N-dealkylation sites (tertiary alicyclic amines) is 2. The maximum absolute atomic E-state index is 17.0. The molecule has 0 spiro atoms. The standard InChI is InChI=1S/C37H39F3N6O3/c1-7-26-29(39)12-11-22-14-23(21(3)47)15-27(31(22)26)33-32(40)34-28(17-41-33)35(44(5)19-25-10-9-13-46(25)30(48)8-2)43-36(42-34)49-20-37(4)16-24(38)18-45(37)6/h1,8,11-12,14-15,17,21,24-25,47H,2,9-10,13,16,18-20H2,3-6H3/t21-,24+,25-,37-/m0/s1. The van der Waals surface area contributed by atoms with Crippen LogP contribution in [0.25, 0.3) is 32.9 Å². The zero-order chi connectivity index (χ0) is 35.2. The number of nitrogens with zero attached hydrogens (tertiary/aromatic N) is 6. The Morgan fingerprint density at radius 2 is 2.10 bits per heavy atom. The second-order valence-electron chi connectivity index (χ2n) is 13.3. The summed E-state index contributed by atoms with van der Waals surface area (Å²) in [6.45, 7) is 8.37. The van der Waals surface area contributed by atoms with Crippen LogP contribution in [0.1, 0.15) is 50.3 Å². The number of terminal acetylenes is 1. The second-order valence-corrected chi connectivity index (χ2v) is 13.3. The van der Waals surface area contributed by atoms with Gasteiger partial charge in [0, 0.05) is 56.3 Å². The van der Waals surface area contributed by atoms with Gasteiger partial charge in [-0.1, -0.05) is 18.6 Å². The van der Waals surface area contributed by atoms with Crippen molar-refractivity contribution in [1.29, 1.82) is 0 Å². The van der Waals surface area contributed by atoms with Crippen molar-refractivity contribution in [2.45, 2.75) is 57.0 Å². The molecule has 0 bridgehead atoms. The number of hydrogen-bond donors (Lipinski definition) is 1. The molecule has 2 aliphatic rings. The van der Waals surface area contributed by atoms with Crippen LogP contribution in [0.2, 0.25) is 0 Å². The van der Waals surface area contributed by atoms with Crippen molar-refractivity contribution >= 4 is 33.4 Å². The quantitative estimate of drug-likeness (QED) is 0.182. The molecule has 1 N–H and O–H groups in total. The van der Waals surface area contributed by atoms with Gasteiger partial charge in [-0.3, -0.25) is 14.7 Å². The predicted molar refractivity (Wildman–Crippen MR) is 183 cm³/mol. The summed E-state index contributed by atoms with van der Waals surface area (Å²) in [7, 11) is 3.60. The summed E-state index contributed by atoms with van der Waals surface area (Å²) >= 11 is 0. The van der Waals surface area contributed by atoms with E-state index >= 15 is 4.39 Å². The molecule has 0 radical (unpaired) electrons. The SMILES string of the molecule is C#Cc1c(F)ccc2cc([C@H](C)O)cc(-c3ncc4c(N(C)C[C@@H]5CCCN5C(=O)C=C)nc(OC[C@]5(C)C[C@@H](F)CN5C)nc4c3F)c12. The minimum atomic E-state index is -1.01. The highest BCUT2D eigenvalue weighted by atomic mass is 19.1. The molecule has 0 unspecified atom stereocenters. The lowest BCUT2D eigenvalue weighted by atomic mass is 9.92. The van der Waals surface area contributed by atoms with Crippen molar-refractivity contribution in [2.75, 3.05) is 45.2 Å². The van der Waals surface area contributed by atoms with Crippen LogP contribution in [-0.2, 0) is 4.79 Å². The summed E-state index contributed by atoms with van der Waals surface area (Å²) in [5.74, 6) is 1.06. The predicted octanol–water partition coefficient (Wildman–Crippen LogP) is 5.58. The average Bonchev–Trinajstić information content (AvgIpc) is 3.64. The molecule has 256 valence electrons. The fraction of sp³-hybridized carbons (Fsp3) is 0.405. The van der Waals surface area contributed by atoms with Crippen molar-refractivity contribution in [3.63, 3.8) is 0 Å². The van der Waals surface area contributed by atoms with Gasteiger partial charge in [0.05, 0.1) is 22.6 Å². The van der Waals surface area contributed by atoms with Gasteiger partial charge >= 0.3 is 6.01 Å². The van der Waals surface area contributed by atoms with E-state index in [-0.39, 0.29) is 70.6 Å². The third-order valence-electron chi connectivity index (χ3n) is 9.86. The number of alkyl halides is 1. The number of benzene rings is 2. The number of hydrogen-bond acceptors (Lipinski definition) is 8. The lowest BCUT2D eigenvalue weighted by Crippen LogP contribution is -2.43. The Balaban J connectivity index is 1.51. The maximum Gasteiger partial charge on any atom is 0.319 e. The Kier molecular flexibility index (Phi) is 9.26. The van der Waals surface area contributed by atoms with Gasteiger partial charge in [0.15, 0.2) is 5.82 Å². The highest BCUT2D eigenvalue weighted by Crippen LogP contribution is 2.39. The molecule has 4 heterocycles. The Morgan fingerprint density at radius 1 is 1.33 bits per heavy atom. The topological polar surface area (TPSA) is 94.9 Å². The first-order valence-electron chi connectivity index (χ1n) is 16.2. The van der Waals surface area contributed by atoms with Crippen molar-refractivity contribution in [3.8, 4) is 29.6 Å². The fourth-order valence-corrected chi connectivity index (χ4v) is 7.04. The summed E-state index contributed by atoms with van der Waals surface area (Å²) in [5, 5.41) is 11.5. The number of anilines is 1. The third kappa shape index (κ3) is 6.29. The van der Waals surface area contributed by atoms with Crippen LogP contribution >= 0.6 is 0 Å². The number of aliphatic hydroxyl groups is 1. The van der Waals surface area contributed by atoms with E-state index in [4.69, 9.17) is 11.2 Å². The number of amides is 1. The Hall–Kier alpha value is -4.73. The number of halogens is 3. The second kappa shape index (κ2) is 13.3. The van der Waals surface area contributed by atoms with Gasteiger partial charge in [-0.2, -0.15) is 9.97 Å². The van der Waals surface area contributed by atoms with E-state index in [0.717, 1.165) is 12.8 Å². The smallest absolute Gasteiger partial charge is 0.319 e. The molecule has 1 amide bonds. The molecule has 2 aromatic carbocycles. The van der Waals surface area contributed by atoms with E-state index < -0.39 is 29.4 Å². The Labute approximate surface area is 283 Å². The Bertz CT molecular complexity index is 2000. The summed E-state index contributed by atoms with van der Waals surface area (Å²) in [5.41, 5.74) is -0.313. The van der Waals surface area contributed by atoms with E-state index in [1.807, 2.05) is 23.8 Å². The molecule has 12 heteroatoms. The van der Waals surface area contributed by atoms with E-state index in [9.17, 15) is 18.7 Å². The molecule has 2 fully saturated rings. The van der Waals surface area contributed by atoms with Crippen LogP contribution in [-0.4, -0.2) is 93.9 Å². The number of pyridine rings is 1. The zero-order valence-electron chi connectivity index (χ0n) is 28.0. The molecule has 0 saturated carbocycles. The van der Waals surface area contributed by atoms with Gasteiger partial charge in [-0.25, -0.2) is 13.2 Å². The minimum absolute atomic E-state index is 0.0499. The zero-order valence-corrected chi connectivity index (χ0v) is 28.0. The number of rotatable bonds is 9. The lowest BCUT2D eigenvalue weighted by molar-refractivity contribution is -0.126. The first-order valence-corrected chi connectivity index (χ1v) is 16.2. The summed E-state index contributed by atoms with van der Waals surface area (Å²) < 4.78 is 52.4. The molecular formula is C37H39F3N6O3. The normalized spacial score (nSPS) is 21.7. The van der Waals surface area contributed by atoms with Crippen LogP contribution in [0.15, 0.2) is 43.1 Å². The molecule has 49 heavy (non-hydrogen) atoms. The summed E-state index contributed by atoms with van der Waals surface area (Å²) in [6, 6.07) is 5.72. The average molecular weight is 673 g/mol. The van der Waals surface area contributed by atoms with E-state index in [0.29, 0.717) is 29.9 Å². The largest absolute Gasteiger partial charge is 0.461 e. The fourth-order valence-electron chi connectivity index (χ4n) is 7.04. The number of aromatic nitrogens is 3. The molecule has 2 aliphatic heterocycles. The van der Waals surface area contributed by atoms with E-state index in [1.54, 1.807) is 31.0 Å². The molecule has 2 saturated heterocycles. The molecule has 9 nitrogen and oxygen atoms in total. The van der Waals surface area contributed by atoms with Crippen molar-refractivity contribution < 1.29 is 27.8 Å². The highest BCUT2D eigenvalue weighted by Gasteiger charge is 2.41. The lowest BCUT2D eigenvalue weighted by Gasteiger charge is -2.31. The van der Waals surface area contributed by atoms with Crippen LogP contribution in [0.3, 0.4) is 0 Å². The first kappa shape index (κ1) is 34.1. The third-order valence-corrected chi connectivity index (χ3v) is 9.86. The van der Waals surface area contributed by atoms with Gasteiger partial charge in [0.1, 0.15) is 35.6 Å². The van der Waals surface area contributed by atoms with Gasteiger partial charge < -0.3 is 19.6 Å². The molecule has 0 aliphatic carbocycles. The van der Waals surface area contributed by atoms with Crippen molar-refractivity contribution in [1.82, 2.24) is 24.8 Å². The van der Waals surface area contributed by atoms with Crippen molar-refractivity contribution in [2.24, 2.45) is 0 Å². The number of aliphatic hydroxyl groups excluding tert-OH is 1. The number of carbonyl (C=O) groups is 1. The number of likely N-dealkylation sites (N-methyl/N-ethyl adjacent to an activating group) is 2. The molecule has 6 rings (SSSR count). The van der Waals surface area contributed by atoms with E-state index in [1.165, 1.54) is 24.4 Å². The van der Waals surface area contributed by atoms with Crippen LogP contribution in [0.5, 0.6) is 6.01 Å². The maximum atomic E-state index is 17.0. The Morgan fingerprint density at radius 3 is 2.78 bits per heavy atom. The molecule has 4 atom stereocenters. The van der Waals surface area contributed by atoms with Crippen LogP contribution in [0.4, 0.5) is 19.0 Å². The summed E-state index contributed by atoms with van der Waals surface area (Å²) in [6.07, 6.45) is 8.38. The molecule has 4 aromatic rings. The molecule has 2 aromatic heterocycles. The van der Waals surface area contributed by atoms with E-state index in [2.05, 4.69) is 27.5 Å². The van der Waals surface area contributed by atoms with Crippen LogP contribution < -0.4 is 9.64 Å². The highest BCUT2D eigenvalue weighted by molar-refractivity contribution is 6.02. The van der Waals surface area contributed by atoms with Gasteiger partial charge in [-0.15, -0.1) is 6.42 Å². The summed E-state index contributed by atoms with van der Waals surface area (Å²) in [4.78, 5) is 31.7. The number of fused-ring (bicyclic) bond motifs is 2. The monoisotopic (exact) mass is 672 g/mol. The van der Waals surface area contributed by atoms with Crippen LogP contribution in [0, 0.1) is 24.0 Å². The number of ether oxygens (including phenoxy) is 1. The van der Waals surface area contributed by atoms with Gasteiger partial charge in [0.2, 0.25) is 5.91 Å². The first-order chi connectivity index (χ1) is 23.3. The minimum Gasteiger partial charge on any atom is -0.461 e.